The van der Waals surface area contributed by atoms with Crippen molar-refractivity contribution in [2.24, 2.45) is 11.3 Å². The van der Waals surface area contributed by atoms with Crippen molar-refractivity contribution in [1.82, 2.24) is 19.9 Å². The highest BCUT2D eigenvalue weighted by Crippen LogP contribution is 2.41. The Morgan fingerprint density at radius 3 is 2.68 bits per heavy atom. The molecule has 4 heterocycles. The Hall–Kier alpha value is -1.67. The molecule has 0 unspecified atom stereocenters. The van der Waals surface area contributed by atoms with E-state index in [1.807, 2.05) is 19.0 Å². The first-order valence-corrected chi connectivity index (χ1v) is 9.13. The topological polar surface area (TPSA) is 74.9 Å². The van der Waals surface area contributed by atoms with Crippen LogP contribution < -0.4 is 4.90 Å². The van der Waals surface area contributed by atoms with E-state index in [9.17, 15) is 4.79 Å². The maximum Gasteiger partial charge on any atom is 0.265 e. The van der Waals surface area contributed by atoms with Crippen LogP contribution in [0.4, 0.5) is 5.95 Å². The Kier molecular flexibility index (Phi) is 4.41. The third kappa shape index (κ3) is 3.37. The Labute approximate surface area is 148 Å². The highest BCUT2D eigenvalue weighted by molar-refractivity contribution is 5.79. The molecule has 0 radical (unpaired) electrons. The van der Waals surface area contributed by atoms with Crippen molar-refractivity contribution in [3.8, 4) is 0 Å². The molecule has 1 amide bonds. The third-order valence-corrected chi connectivity index (χ3v) is 5.75. The van der Waals surface area contributed by atoms with Crippen LogP contribution in [0.2, 0.25) is 0 Å². The molecule has 0 saturated carbocycles. The maximum atomic E-state index is 12.5. The van der Waals surface area contributed by atoms with Crippen molar-refractivity contribution in [1.29, 1.82) is 0 Å². The lowest BCUT2D eigenvalue weighted by Crippen LogP contribution is -2.60. The minimum Gasteiger partial charge on any atom is -0.381 e. The van der Waals surface area contributed by atoms with E-state index in [0.29, 0.717) is 36.3 Å². The molecule has 4 rings (SSSR count). The predicted molar refractivity (Wildman–Crippen MR) is 91.1 cm³/mol. The van der Waals surface area contributed by atoms with E-state index in [4.69, 9.17) is 9.26 Å². The molecule has 8 nitrogen and oxygen atoms in total. The van der Waals surface area contributed by atoms with Gasteiger partial charge >= 0.3 is 0 Å². The van der Waals surface area contributed by atoms with Crippen molar-refractivity contribution in [3.63, 3.8) is 0 Å². The zero-order chi connectivity index (χ0) is 17.4. The molecule has 0 N–H and O–H groups in total. The zero-order valence-electron chi connectivity index (χ0n) is 15.1. The van der Waals surface area contributed by atoms with E-state index in [0.717, 1.165) is 52.0 Å². The number of piperidine rings is 1. The Morgan fingerprint density at radius 1 is 1.32 bits per heavy atom. The molecule has 3 fully saturated rings. The number of carbonyl (C=O) groups is 1. The molecule has 0 aromatic carbocycles. The number of amides is 1. The van der Waals surface area contributed by atoms with Crippen LogP contribution in [0.5, 0.6) is 0 Å². The first-order valence-electron chi connectivity index (χ1n) is 9.13. The van der Waals surface area contributed by atoms with Gasteiger partial charge in [0.15, 0.2) is 0 Å². The number of nitrogens with zero attached hydrogens (tertiary/aromatic N) is 5. The summed E-state index contributed by atoms with van der Waals surface area (Å²) in [7, 11) is 3.81. The molecule has 1 aromatic heterocycles. The van der Waals surface area contributed by atoms with Crippen LogP contribution in [0.15, 0.2) is 4.52 Å². The highest BCUT2D eigenvalue weighted by Gasteiger charge is 2.46. The first kappa shape index (κ1) is 16.8. The van der Waals surface area contributed by atoms with Crippen molar-refractivity contribution in [2.45, 2.75) is 25.8 Å². The molecule has 3 aliphatic heterocycles. The smallest absolute Gasteiger partial charge is 0.265 e. The van der Waals surface area contributed by atoms with Crippen molar-refractivity contribution >= 4 is 11.9 Å². The second-order valence-electron chi connectivity index (χ2n) is 7.91. The molecule has 3 saturated heterocycles. The minimum atomic E-state index is 0.0929. The van der Waals surface area contributed by atoms with Gasteiger partial charge in [0, 0.05) is 46.9 Å². The van der Waals surface area contributed by atoms with Crippen molar-refractivity contribution in [2.75, 3.05) is 58.4 Å². The number of hydrogen-bond donors (Lipinski definition) is 0. The average molecular weight is 349 g/mol. The van der Waals surface area contributed by atoms with Gasteiger partial charge in [0.1, 0.15) is 0 Å². The summed E-state index contributed by atoms with van der Waals surface area (Å²) in [5, 5.41) is 3.96. The monoisotopic (exact) mass is 349 g/mol. The number of anilines is 1. The molecule has 138 valence electrons. The fourth-order valence-corrected chi connectivity index (χ4v) is 4.20. The van der Waals surface area contributed by atoms with E-state index >= 15 is 0 Å². The number of hydrogen-bond acceptors (Lipinski definition) is 7. The quantitative estimate of drug-likeness (QED) is 0.788. The second kappa shape index (κ2) is 6.57. The Morgan fingerprint density at radius 2 is 2.08 bits per heavy atom. The van der Waals surface area contributed by atoms with Gasteiger partial charge in [-0.3, -0.25) is 9.69 Å². The second-order valence-corrected chi connectivity index (χ2v) is 7.91. The molecular formula is C17H27N5O3. The number of rotatable bonds is 4. The van der Waals surface area contributed by atoms with Gasteiger partial charge in [-0.05, 0) is 29.8 Å². The SMILES string of the molecule is CN(C)c1noc(CN2CC3(CCN(C(=O)[C@@H]4CCOC4)CC3)C2)n1. The summed E-state index contributed by atoms with van der Waals surface area (Å²) in [6.45, 7) is 5.93. The molecule has 1 spiro atoms. The molecule has 0 aliphatic carbocycles. The van der Waals surface area contributed by atoms with Gasteiger partial charge < -0.3 is 19.1 Å². The number of ether oxygens (including phenoxy) is 1. The standard InChI is InChI=1S/C17H27N5O3/c1-20(2)16-18-14(25-19-16)9-21-11-17(12-21)4-6-22(7-5-17)15(23)13-3-8-24-10-13/h13H,3-12H2,1-2H3/t13-/m1/s1. The Balaban J connectivity index is 1.24. The number of likely N-dealkylation sites (tertiary alicyclic amines) is 2. The van der Waals surface area contributed by atoms with Gasteiger partial charge in [0.2, 0.25) is 11.8 Å². The lowest BCUT2D eigenvalue weighted by molar-refractivity contribution is -0.140. The largest absolute Gasteiger partial charge is 0.381 e. The van der Waals surface area contributed by atoms with Gasteiger partial charge in [0.05, 0.1) is 19.1 Å². The van der Waals surface area contributed by atoms with Crippen LogP contribution in [0.1, 0.15) is 25.2 Å². The summed E-state index contributed by atoms with van der Waals surface area (Å²) >= 11 is 0. The summed E-state index contributed by atoms with van der Waals surface area (Å²) in [5.74, 6) is 1.68. The van der Waals surface area contributed by atoms with E-state index in [2.05, 4.69) is 19.9 Å². The van der Waals surface area contributed by atoms with Gasteiger partial charge in [-0.2, -0.15) is 4.98 Å². The Bertz CT molecular complexity index is 610. The summed E-state index contributed by atoms with van der Waals surface area (Å²) in [5.41, 5.74) is 0.368. The average Bonchev–Trinajstić information content (AvgIpc) is 3.25. The molecule has 25 heavy (non-hydrogen) atoms. The van der Waals surface area contributed by atoms with E-state index in [-0.39, 0.29) is 5.92 Å². The minimum absolute atomic E-state index is 0.0929. The summed E-state index contributed by atoms with van der Waals surface area (Å²) in [4.78, 5) is 23.1. The fourth-order valence-electron chi connectivity index (χ4n) is 4.20. The molecule has 3 aliphatic rings. The maximum absolute atomic E-state index is 12.5. The summed E-state index contributed by atoms with van der Waals surface area (Å²) < 4.78 is 10.7. The predicted octanol–water partition coefficient (Wildman–Crippen LogP) is 0.597. The molecule has 8 heteroatoms. The van der Waals surface area contributed by atoms with Gasteiger partial charge in [0.25, 0.3) is 5.95 Å². The first-order chi connectivity index (χ1) is 12.0. The number of aromatic nitrogens is 2. The lowest BCUT2D eigenvalue weighted by Gasteiger charge is -2.53. The van der Waals surface area contributed by atoms with Crippen molar-refractivity contribution < 1.29 is 14.1 Å². The molecule has 1 atom stereocenters. The molecule has 0 bridgehead atoms. The van der Waals surface area contributed by atoms with Crippen LogP contribution in [-0.2, 0) is 16.1 Å². The lowest BCUT2D eigenvalue weighted by atomic mass is 9.72. The summed E-state index contributed by atoms with van der Waals surface area (Å²) in [6, 6.07) is 0. The van der Waals surface area contributed by atoms with Crippen LogP contribution in [0.25, 0.3) is 0 Å². The molecule has 1 aromatic rings. The van der Waals surface area contributed by atoms with E-state index in [1.54, 1.807) is 0 Å². The highest BCUT2D eigenvalue weighted by atomic mass is 16.5. The van der Waals surface area contributed by atoms with Crippen molar-refractivity contribution in [3.05, 3.63) is 5.89 Å². The normalized spacial score (nSPS) is 26.0. The number of carbonyl (C=O) groups excluding carboxylic acids is 1. The van der Waals surface area contributed by atoms with Gasteiger partial charge in [-0.1, -0.05) is 0 Å². The van der Waals surface area contributed by atoms with Crippen LogP contribution >= 0.6 is 0 Å². The van der Waals surface area contributed by atoms with Gasteiger partial charge in [-0.15, -0.1) is 0 Å². The summed E-state index contributed by atoms with van der Waals surface area (Å²) in [6.07, 6.45) is 3.07. The van der Waals surface area contributed by atoms with Crippen LogP contribution in [-0.4, -0.2) is 79.3 Å². The van der Waals surface area contributed by atoms with Crippen LogP contribution in [0.3, 0.4) is 0 Å². The third-order valence-electron chi connectivity index (χ3n) is 5.75. The fraction of sp³-hybridized carbons (Fsp3) is 0.824. The van der Waals surface area contributed by atoms with Gasteiger partial charge in [-0.25, -0.2) is 0 Å². The molecular weight excluding hydrogens is 322 g/mol. The van der Waals surface area contributed by atoms with E-state index < -0.39 is 0 Å². The van der Waals surface area contributed by atoms with E-state index in [1.165, 1.54) is 0 Å². The zero-order valence-corrected chi connectivity index (χ0v) is 15.1. The van der Waals surface area contributed by atoms with Crippen LogP contribution in [0, 0.1) is 11.3 Å².